The van der Waals surface area contributed by atoms with E-state index < -0.39 is 23.7 Å². The third-order valence-electron chi connectivity index (χ3n) is 5.07. The number of ketones is 1. The van der Waals surface area contributed by atoms with Crippen molar-refractivity contribution in [3.63, 3.8) is 0 Å². The number of carbonyl (C=O) groups is 2. The Morgan fingerprint density at radius 2 is 1.70 bits per heavy atom. The molecule has 3 aliphatic heterocycles. The highest BCUT2D eigenvalue weighted by atomic mass is 16.9. The average molecular weight is 418 g/mol. The van der Waals surface area contributed by atoms with E-state index in [1.54, 1.807) is 27.8 Å². The van der Waals surface area contributed by atoms with Gasteiger partial charge in [-0.1, -0.05) is 37.3 Å². The fourth-order valence-corrected chi connectivity index (χ4v) is 3.24. The maximum Gasteiger partial charge on any atom is 0.410 e. The molecule has 0 aliphatic carbocycles. The molecule has 3 aliphatic rings. The number of nitrogens with zero attached hydrogens (tertiary/aromatic N) is 1. The number of carbonyl (C=O) groups excluding carboxylic acids is 2. The highest BCUT2D eigenvalue weighted by molar-refractivity contribution is 5.96. The van der Waals surface area contributed by atoms with Gasteiger partial charge in [-0.2, -0.15) is 0 Å². The number of rotatable bonds is 6. The molecule has 0 aromatic heterocycles. The minimum Gasteiger partial charge on any atom is -0.444 e. The molecule has 0 N–H and O–H groups in total. The molecule has 3 fully saturated rings. The molecular weight excluding hydrogens is 386 g/mol. The SMILES string of the molecule is CN(C(=O)OC(C)(C)C)C(Cc1ccccc1)C(=O)/C=C/C12OCC(C)(CO1)CO2. The van der Waals surface area contributed by atoms with Crippen molar-refractivity contribution >= 4 is 11.9 Å². The molecule has 4 rings (SSSR count). The molecule has 3 saturated heterocycles. The Balaban J connectivity index is 1.77. The van der Waals surface area contributed by atoms with Crippen LogP contribution in [0.15, 0.2) is 42.5 Å². The van der Waals surface area contributed by atoms with Gasteiger partial charge in [0, 0.05) is 25.0 Å². The minimum atomic E-state index is -1.34. The van der Waals surface area contributed by atoms with E-state index in [1.165, 1.54) is 17.1 Å². The van der Waals surface area contributed by atoms with Gasteiger partial charge < -0.3 is 23.8 Å². The van der Waals surface area contributed by atoms with Crippen molar-refractivity contribution in [3.05, 3.63) is 48.0 Å². The topological polar surface area (TPSA) is 74.3 Å². The molecule has 1 amide bonds. The number of amides is 1. The zero-order chi connectivity index (χ0) is 22.0. The quantitative estimate of drug-likeness (QED) is 0.661. The second-order valence-corrected chi connectivity index (χ2v) is 9.31. The van der Waals surface area contributed by atoms with Crippen LogP contribution in [0.25, 0.3) is 0 Å². The molecule has 0 saturated carbocycles. The first-order chi connectivity index (χ1) is 14.0. The molecular formula is C23H31NO6. The van der Waals surface area contributed by atoms with Crippen LogP contribution in [0, 0.1) is 5.41 Å². The summed E-state index contributed by atoms with van der Waals surface area (Å²) in [5.41, 5.74) is 0.117. The summed E-state index contributed by atoms with van der Waals surface area (Å²) < 4.78 is 22.6. The van der Waals surface area contributed by atoms with E-state index in [2.05, 4.69) is 0 Å². The van der Waals surface area contributed by atoms with Gasteiger partial charge in [-0.3, -0.25) is 4.79 Å². The van der Waals surface area contributed by atoms with Crippen LogP contribution in [0.5, 0.6) is 0 Å². The maximum absolute atomic E-state index is 13.1. The number of hydrogen-bond acceptors (Lipinski definition) is 6. The van der Waals surface area contributed by atoms with Gasteiger partial charge in [-0.15, -0.1) is 0 Å². The van der Waals surface area contributed by atoms with Gasteiger partial charge in [-0.25, -0.2) is 4.79 Å². The fraction of sp³-hybridized carbons (Fsp3) is 0.565. The number of hydrogen-bond donors (Lipinski definition) is 0. The van der Waals surface area contributed by atoms with Crippen molar-refractivity contribution in [2.24, 2.45) is 5.41 Å². The van der Waals surface area contributed by atoms with E-state index in [9.17, 15) is 9.59 Å². The smallest absolute Gasteiger partial charge is 0.410 e. The third-order valence-corrected chi connectivity index (χ3v) is 5.07. The Morgan fingerprint density at radius 1 is 1.13 bits per heavy atom. The summed E-state index contributed by atoms with van der Waals surface area (Å²) in [5, 5.41) is 0. The second kappa shape index (κ2) is 8.49. The normalized spacial score (nSPS) is 27.1. The zero-order valence-corrected chi connectivity index (χ0v) is 18.3. The largest absolute Gasteiger partial charge is 0.444 e. The molecule has 1 unspecified atom stereocenters. The van der Waals surface area contributed by atoms with Crippen LogP contribution < -0.4 is 0 Å². The van der Waals surface area contributed by atoms with Gasteiger partial charge in [0.1, 0.15) is 11.6 Å². The number of benzene rings is 1. The Labute approximate surface area is 177 Å². The molecule has 0 spiro atoms. The van der Waals surface area contributed by atoms with Crippen LogP contribution in [0.1, 0.15) is 33.3 Å². The molecule has 2 bridgehead atoms. The van der Waals surface area contributed by atoms with Crippen LogP contribution >= 0.6 is 0 Å². The lowest BCUT2D eigenvalue weighted by molar-refractivity contribution is -0.441. The Morgan fingerprint density at radius 3 is 2.23 bits per heavy atom. The van der Waals surface area contributed by atoms with Gasteiger partial charge in [0.15, 0.2) is 5.78 Å². The maximum atomic E-state index is 13.1. The molecule has 164 valence electrons. The molecule has 7 nitrogen and oxygen atoms in total. The predicted octanol–water partition coefficient (Wildman–Crippen LogP) is 3.33. The van der Waals surface area contributed by atoms with Crippen LogP contribution in [0.2, 0.25) is 0 Å². The fourth-order valence-electron chi connectivity index (χ4n) is 3.24. The van der Waals surface area contributed by atoms with Crippen LogP contribution in [0.4, 0.5) is 4.79 Å². The average Bonchev–Trinajstić information content (AvgIpc) is 2.70. The first kappa shape index (κ1) is 22.5. The van der Waals surface area contributed by atoms with Crippen molar-refractivity contribution in [3.8, 4) is 0 Å². The van der Waals surface area contributed by atoms with Gasteiger partial charge in [0.25, 0.3) is 0 Å². The predicted molar refractivity (Wildman–Crippen MR) is 111 cm³/mol. The van der Waals surface area contributed by atoms with E-state index in [-0.39, 0.29) is 11.2 Å². The van der Waals surface area contributed by atoms with Crippen molar-refractivity contribution in [1.82, 2.24) is 4.90 Å². The Bertz CT molecular complexity index is 773. The first-order valence-corrected chi connectivity index (χ1v) is 10.2. The summed E-state index contributed by atoms with van der Waals surface area (Å²) >= 11 is 0. The Kier molecular flexibility index (Phi) is 6.36. The standard InChI is InChI=1S/C23H31NO6/c1-21(2,3)30-20(26)24(5)18(13-17-9-7-6-8-10-17)19(25)11-12-23-27-14-22(4,15-28-23)16-29-23/h6-12,18H,13-16H2,1-5H3/b12-11+. The van der Waals surface area contributed by atoms with E-state index in [1.807, 2.05) is 37.3 Å². The van der Waals surface area contributed by atoms with E-state index in [0.29, 0.717) is 26.2 Å². The number of likely N-dealkylation sites (N-methyl/N-ethyl adjacent to an activating group) is 1. The summed E-state index contributed by atoms with van der Waals surface area (Å²) in [5.74, 6) is -1.61. The molecule has 3 heterocycles. The first-order valence-electron chi connectivity index (χ1n) is 10.2. The van der Waals surface area contributed by atoms with Crippen molar-refractivity contribution in [1.29, 1.82) is 0 Å². The van der Waals surface area contributed by atoms with Crippen molar-refractivity contribution in [2.75, 3.05) is 26.9 Å². The summed E-state index contributed by atoms with van der Waals surface area (Å²) in [7, 11) is 1.57. The minimum absolute atomic E-state index is 0.160. The summed E-state index contributed by atoms with van der Waals surface area (Å²) in [4.78, 5) is 27.1. The van der Waals surface area contributed by atoms with Gasteiger partial charge in [0.2, 0.25) is 0 Å². The monoisotopic (exact) mass is 417 g/mol. The van der Waals surface area contributed by atoms with E-state index in [4.69, 9.17) is 18.9 Å². The van der Waals surface area contributed by atoms with E-state index >= 15 is 0 Å². The van der Waals surface area contributed by atoms with Crippen molar-refractivity contribution < 1.29 is 28.5 Å². The molecule has 1 aromatic rings. The lowest BCUT2D eigenvalue weighted by atomic mass is 9.92. The van der Waals surface area contributed by atoms with Crippen LogP contribution in [-0.4, -0.2) is 61.3 Å². The van der Waals surface area contributed by atoms with Gasteiger partial charge >= 0.3 is 12.1 Å². The number of ether oxygens (including phenoxy) is 4. The second-order valence-electron chi connectivity index (χ2n) is 9.31. The third kappa shape index (κ3) is 5.47. The molecule has 7 heteroatoms. The highest BCUT2D eigenvalue weighted by Crippen LogP contribution is 2.38. The van der Waals surface area contributed by atoms with Gasteiger partial charge in [-0.05, 0) is 32.4 Å². The van der Waals surface area contributed by atoms with Crippen LogP contribution in [0.3, 0.4) is 0 Å². The highest BCUT2D eigenvalue weighted by Gasteiger charge is 2.49. The summed E-state index contributed by atoms with van der Waals surface area (Å²) in [6.45, 7) is 8.88. The van der Waals surface area contributed by atoms with Crippen LogP contribution in [-0.2, 0) is 30.2 Å². The van der Waals surface area contributed by atoms with E-state index in [0.717, 1.165) is 5.56 Å². The lowest BCUT2D eigenvalue weighted by Gasteiger charge is -2.49. The summed E-state index contributed by atoms with van der Waals surface area (Å²) in [6, 6.07) is 8.80. The zero-order valence-electron chi connectivity index (χ0n) is 18.3. The molecule has 0 radical (unpaired) electrons. The van der Waals surface area contributed by atoms with Gasteiger partial charge in [0.05, 0.1) is 19.8 Å². The Hall–Kier alpha value is -2.22. The molecule has 1 atom stereocenters. The molecule has 30 heavy (non-hydrogen) atoms. The molecule has 1 aromatic carbocycles. The lowest BCUT2D eigenvalue weighted by Crippen LogP contribution is -2.58. The number of fused-ring (bicyclic) bond motifs is 3. The summed E-state index contributed by atoms with van der Waals surface area (Å²) in [6.07, 6.45) is 2.67. The van der Waals surface area contributed by atoms with Crippen molar-refractivity contribution in [2.45, 2.75) is 51.7 Å².